The van der Waals surface area contributed by atoms with Crippen molar-refractivity contribution in [2.75, 3.05) is 0 Å². The molecule has 6 heteroatoms. The minimum absolute atomic E-state index is 0.181. The van der Waals surface area contributed by atoms with Crippen LogP contribution < -0.4 is 10.3 Å². The average Bonchev–Trinajstić information content (AvgIpc) is 2.49. The van der Waals surface area contributed by atoms with Crippen LogP contribution in [-0.4, -0.2) is 27.7 Å². The number of ether oxygens (including phenoxy) is 2. The zero-order chi connectivity index (χ0) is 15.7. The highest BCUT2D eigenvalue weighted by Crippen LogP contribution is 2.42. The molecule has 1 aliphatic rings. The first-order valence-electron chi connectivity index (χ1n) is 6.94. The molecule has 2 unspecified atom stereocenters. The standard InChI is InChI=1S/C16H16N2O4/c1-16(2)15(21-10-19)14(18-8-4-3-5-13(18)20)11-9-17-7-6-12(11)22-16/h3-10,14-15H,1-2H3. The van der Waals surface area contributed by atoms with Crippen LogP contribution in [0.3, 0.4) is 0 Å². The van der Waals surface area contributed by atoms with Crippen molar-refractivity contribution in [2.24, 2.45) is 0 Å². The molecule has 2 atom stereocenters. The zero-order valence-corrected chi connectivity index (χ0v) is 12.3. The Labute approximate surface area is 127 Å². The van der Waals surface area contributed by atoms with Crippen molar-refractivity contribution < 1.29 is 14.3 Å². The molecular formula is C16H16N2O4. The molecule has 22 heavy (non-hydrogen) atoms. The van der Waals surface area contributed by atoms with E-state index < -0.39 is 17.7 Å². The molecule has 1 aliphatic heterocycles. The molecule has 0 spiro atoms. The topological polar surface area (TPSA) is 70.4 Å². The van der Waals surface area contributed by atoms with Gasteiger partial charge in [-0.3, -0.25) is 14.6 Å². The van der Waals surface area contributed by atoms with Crippen molar-refractivity contribution in [1.82, 2.24) is 9.55 Å². The van der Waals surface area contributed by atoms with E-state index in [0.717, 1.165) is 0 Å². The second-order valence-electron chi connectivity index (χ2n) is 5.66. The molecule has 3 heterocycles. The number of hydrogen-bond acceptors (Lipinski definition) is 5. The Bertz CT molecular complexity index is 754. The van der Waals surface area contributed by atoms with Crippen LogP contribution in [0.2, 0.25) is 0 Å². The maximum absolute atomic E-state index is 12.2. The fraction of sp³-hybridized carbons (Fsp3) is 0.312. The van der Waals surface area contributed by atoms with Gasteiger partial charge in [-0.15, -0.1) is 0 Å². The number of carbonyl (C=O) groups excluding carboxylic acids is 1. The van der Waals surface area contributed by atoms with E-state index in [9.17, 15) is 9.59 Å². The van der Waals surface area contributed by atoms with Gasteiger partial charge in [-0.05, 0) is 26.0 Å². The summed E-state index contributed by atoms with van der Waals surface area (Å²) >= 11 is 0. The van der Waals surface area contributed by atoms with Crippen molar-refractivity contribution in [3.8, 4) is 5.75 Å². The highest BCUT2D eigenvalue weighted by atomic mass is 16.6. The monoisotopic (exact) mass is 300 g/mol. The fourth-order valence-corrected chi connectivity index (χ4v) is 2.86. The first kappa shape index (κ1) is 14.3. The lowest BCUT2D eigenvalue weighted by Gasteiger charge is -2.43. The zero-order valence-electron chi connectivity index (χ0n) is 12.3. The van der Waals surface area contributed by atoms with Gasteiger partial charge in [-0.1, -0.05) is 6.07 Å². The van der Waals surface area contributed by atoms with Gasteiger partial charge in [0.05, 0.1) is 0 Å². The molecule has 0 aliphatic carbocycles. The van der Waals surface area contributed by atoms with Crippen LogP contribution >= 0.6 is 0 Å². The van der Waals surface area contributed by atoms with E-state index in [0.29, 0.717) is 17.8 Å². The summed E-state index contributed by atoms with van der Waals surface area (Å²) in [4.78, 5) is 27.3. The Hall–Kier alpha value is -2.63. The molecule has 0 saturated heterocycles. The molecule has 0 radical (unpaired) electrons. The maximum atomic E-state index is 12.2. The molecule has 2 aromatic heterocycles. The van der Waals surface area contributed by atoms with Crippen molar-refractivity contribution >= 4 is 6.47 Å². The first-order chi connectivity index (χ1) is 10.5. The lowest BCUT2D eigenvalue weighted by molar-refractivity contribution is -0.150. The lowest BCUT2D eigenvalue weighted by atomic mass is 9.87. The van der Waals surface area contributed by atoms with Crippen LogP contribution in [0.1, 0.15) is 25.5 Å². The molecule has 0 amide bonds. The second kappa shape index (κ2) is 5.29. The molecule has 0 fully saturated rings. The minimum atomic E-state index is -0.783. The molecule has 0 saturated carbocycles. The summed E-state index contributed by atoms with van der Waals surface area (Å²) in [6, 6.07) is 6.15. The fourth-order valence-electron chi connectivity index (χ4n) is 2.86. The van der Waals surface area contributed by atoms with Gasteiger partial charge in [0.25, 0.3) is 12.0 Å². The molecular weight excluding hydrogens is 284 g/mol. The molecule has 114 valence electrons. The van der Waals surface area contributed by atoms with Crippen molar-refractivity contribution in [1.29, 1.82) is 0 Å². The van der Waals surface area contributed by atoms with Crippen LogP contribution in [0, 0.1) is 0 Å². The van der Waals surface area contributed by atoms with Gasteiger partial charge in [-0.25, -0.2) is 0 Å². The number of hydrogen-bond donors (Lipinski definition) is 0. The summed E-state index contributed by atoms with van der Waals surface area (Å²) in [6.07, 6.45) is 4.28. The highest BCUT2D eigenvalue weighted by Gasteiger charge is 2.46. The Morgan fingerprint density at radius 1 is 1.36 bits per heavy atom. The number of carbonyl (C=O) groups is 1. The third-order valence-corrected chi connectivity index (χ3v) is 3.83. The van der Waals surface area contributed by atoms with Crippen molar-refractivity contribution in [3.63, 3.8) is 0 Å². The predicted molar refractivity (Wildman–Crippen MR) is 78.7 cm³/mol. The number of pyridine rings is 2. The molecule has 0 bridgehead atoms. The lowest BCUT2D eigenvalue weighted by Crippen LogP contribution is -2.53. The van der Waals surface area contributed by atoms with Gasteiger partial charge in [0.15, 0.2) is 6.10 Å². The van der Waals surface area contributed by atoms with Gasteiger partial charge in [0, 0.05) is 30.2 Å². The summed E-state index contributed by atoms with van der Waals surface area (Å²) < 4.78 is 12.8. The molecule has 6 nitrogen and oxygen atoms in total. The first-order valence-corrected chi connectivity index (χ1v) is 6.94. The smallest absolute Gasteiger partial charge is 0.293 e. The van der Waals surface area contributed by atoms with E-state index in [1.54, 1.807) is 41.4 Å². The quantitative estimate of drug-likeness (QED) is 0.804. The maximum Gasteiger partial charge on any atom is 0.293 e. The van der Waals surface area contributed by atoms with Crippen LogP contribution in [0.15, 0.2) is 47.7 Å². The predicted octanol–water partition coefficient (Wildman–Crippen LogP) is 1.55. The summed E-state index contributed by atoms with van der Waals surface area (Å²) in [5, 5.41) is 0. The minimum Gasteiger partial charge on any atom is -0.483 e. The van der Waals surface area contributed by atoms with E-state index in [-0.39, 0.29) is 5.56 Å². The van der Waals surface area contributed by atoms with Gasteiger partial charge in [0.2, 0.25) is 0 Å². The van der Waals surface area contributed by atoms with E-state index >= 15 is 0 Å². The van der Waals surface area contributed by atoms with Gasteiger partial charge < -0.3 is 14.0 Å². The third-order valence-electron chi connectivity index (χ3n) is 3.83. The number of aromatic nitrogens is 2. The van der Waals surface area contributed by atoms with E-state index in [4.69, 9.17) is 9.47 Å². The largest absolute Gasteiger partial charge is 0.483 e. The van der Waals surface area contributed by atoms with E-state index in [1.807, 2.05) is 13.8 Å². The summed E-state index contributed by atoms with van der Waals surface area (Å²) in [5.41, 5.74) is -0.253. The third kappa shape index (κ3) is 2.26. The Kier molecular flexibility index (Phi) is 3.44. The summed E-state index contributed by atoms with van der Waals surface area (Å²) in [5.74, 6) is 0.631. The van der Waals surface area contributed by atoms with Gasteiger partial charge in [-0.2, -0.15) is 0 Å². The summed E-state index contributed by atoms with van der Waals surface area (Å²) in [6.45, 7) is 4.04. The van der Waals surface area contributed by atoms with E-state index in [2.05, 4.69) is 4.98 Å². The van der Waals surface area contributed by atoms with Crippen LogP contribution in [0.4, 0.5) is 0 Å². The van der Waals surface area contributed by atoms with E-state index in [1.165, 1.54) is 6.07 Å². The average molecular weight is 300 g/mol. The number of rotatable bonds is 3. The van der Waals surface area contributed by atoms with Crippen molar-refractivity contribution in [3.05, 3.63) is 58.8 Å². The molecule has 0 aromatic carbocycles. The molecule has 3 rings (SSSR count). The number of fused-ring (bicyclic) bond motifs is 1. The molecule has 0 N–H and O–H groups in total. The van der Waals surface area contributed by atoms with Crippen LogP contribution in [0.5, 0.6) is 5.75 Å². The Balaban J connectivity index is 2.24. The molecule has 2 aromatic rings. The Morgan fingerprint density at radius 2 is 2.18 bits per heavy atom. The second-order valence-corrected chi connectivity index (χ2v) is 5.66. The van der Waals surface area contributed by atoms with Gasteiger partial charge >= 0.3 is 0 Å². The summed E-state index contributed by atoms with van der Waals surface area (Å²) in [7, 11) is 0. The van der Waals surface area contributed by atoms with Gasteiger partial charge in [0.1, 0.15) is 17.4 Å². The van der Waals surface area contributed by atoms with Crippen LogP contribution in [-0.2, 0) is 9.53 Å². The van der Waals surface area contributed by atoms with Crippen molar-refractivity contribution in [2.45, 2.75) is 31.6 Å². The highest BCUT2D eigenvalue weighted by molar-refractivity contribution is 5.42. The SMILES string of the molecule is CC1(C)Oc2ccncc2C(n2ccccc2=O)C1OC=O. The normalized spacial score (nSPS) is 22.3. The van der Waals surface area contributed by atoms with Crippen LogP contribution in [0.25, 0.3) is 0 Å². The number of nitrogens with zero attached hydrogens (tertiary/aromatic N) is 2. The Morgan fingerprint density at radius 3 is 2.91 bits per heavy atom.